The minimum Gasteiger partial charge on any atom is -0.435 e. The molecule has 110 valence electrons. The second-order valence-corrected chi connectivity index (χ2v) is 3.19. The van der Waals surface area contributed by atoms with Crippen molar-refractivity contribution in [3.05, 3.63) is 29.8 Å². The summed E-state index contributed by atoms with van der Waals surface area (Å²) >= 11 is 0. The van der Waals surface area contributed by atoms with Crippen LogP contribution < -0.4 is 4.74 Å². The summed E-state index contributed by atoms with van der Waals surface area (Å²) in [7, 11) is 0. The van der Waals surface area contributed by atoms with Gasteiger partial charge in [-0.1, -0.05) is 45.9 Å². The zero-order valence-corrected chi connectivity index (χ0v) is 12.2. The van der Waals surface area contributed by atoms with Crippen molar-refractivity contribution >= 4 is 6.79 Å². The molecule has 2 rings (SSSR count). The van der Waals surface area contributed by atoms with Gasteiger partial charge in [-0.25, -0.2) is 0 Å². The van der Waals surface area contributed by atoms with E-state index in [-0.39, 0.29) is 0 Å². The predicted octanol–water partition coefficient (Wildman–Crippen LogP) is 5.03. The Morgan fingerprint density at radius 1 is 1.11 bits per heavy atom. The SMILES string of the molecule is C=O.CC.CC.FC(F)Oc1ccccc1C1CC1. The normalized spacial score (nSPS) is 11.9. The fourth-order valence-corrected chi connectivity index (χ4v) is 1.42. The lowest BCUT2D eigenvalue weighted by Gasteiger charge is -2.08. The summed E-state index contributed by atoms with van der Waals surface area (Å²) in [6.45, 7) is 7.28. The monoisotopic (exact) mass is 274 g/mol. The van der Waals surface area contributed by atoms with Gasteiger partial charge in [0.1, 0.15) is 12.5 Å². The van der Waals surface area contributed by atoms with Crippen LogP contribution in [0.4, 0.5) is 8.78 Å². The maximum atomic E-state index is 12.0. The van der Waals surface area contributed by atoms with Crippen molar-refractivity contribution in [2.24, 2.45) is 0 Å². The number of carbonyl (C=O) groups is 1. The van der Waals surface area contributed by atoms with Gasteiger partial charge >= 0.3 is 6.61 Å². The lowest BCUT2D eigenvalue weighted by atomic mass is 10.1. The van der Waals surface area contributed by atoms with Crippen molar-refractivity contribution in [2.45, 2.75) is 53.1 Å². The number of alkyl halides is 2. The van der Waals surface area contributed by atoms with E-state index in [9.17, 15) is 8.78 Å². The highest BCUT2D eigenvalue weighted by atomic mass is 19.3. The van der Waals surface area contributed by atoms with Crippen LogP contribution in [-0.4, -0.2) is 13.4 Å². The van der Waals surface area contributed by atoms with Crippen molar-refractivity contribution in [1.29, 1.82) is 0 Å². The first-order valence-electron chi connectivity index (χ1n) is 6.60. The fraction of sp³-hybridized carbons (Fsp3) is 0.533. The summed E-state index contributed by atoms with van der Waals surface area (Å²) in [5, 5.41) is 0. The van der Waals surface area contributed by atoms with Gasteiger partial charge in [-0.3, -0.25) is 0 Å². The molecule has 0 amide bonds. The number of hydrogen-bond acceptors (Lipinski definition) is 2. The van der Waals surface area contributed by atoms with E-state index in [0.717, 1.165) is 18.4 Å². The molecule has 1 aliphatic carbocycles. The molecule has 0 aliphatic heterocycles. The van der Waals surface area contributed by atoms with Crippen LogP contribution in [0.2, 0.25) is 0 Å². The van der Waals surface area contributed by atoms with Crippen LogP contribution in [0.1, 0.15) is 52.0 Å². The second-order valence-electron chi connectivity index (χ2n) is 3.19. The smallest absolute Gasteiger partial charge is 0.387 e. The number of para-hydroxylation sites is 1. The van der Waals surface area contributed by atoms with Crippen LogP contribution in [0, 0.1) is 0 Å². The Morgan fingerprint density at radius 3 is 2.00 bits per heavy atom. The Bertz CT molecular complexity index is 313. The molecule has 1 saturated carbocycles. The molecule has 0 radical (unpaired) electrons. The van der Waals surface area contributed by atoms with E-state index in [1.54, 1.807) is 12.1 Å². The van der Waals surface area contributed by atoms with Gasteiger partial charge in [-0.05, 0) is 30.4 Å². The Hall–Kier alpha value is -1.45. The van der Waals surface area contributed by atoms with E-state index < -0.39 is 6.61 Å². The van der Waals surface area contributed by atoms with E-state index in [2.05, 4.69) is 4.74 Å². The van der Waals surface area contributed by atoms with E-state index in [1.165, 1.54) is 0 Å². The number of ether oxygens (including phenoxy) is 1. The zero-order valence-electron chi connectivity index (χ0n) is 12.2. The molecule has 1 aromatic rings. The van der Waals surface area contributed by atoms with Crippen LogP contribution in [0.25, 0.3) is 0 Å². The van der Waals surface area contributed by atoms with Gasteiger partial charge < -0.3 is 9.53 Å². The van der Waals surface area contributed by atoms with Crippen LogP contribution >= 0.6 is 0 Å². The molecule has 0 unspecified atom stereocenters. The van der Waals surface area contributed by atoms with Crippen molar-refractivity contribution in [3.8, 4) is 5.75 Å². The third-order valence-electron chi connectivity index (χ3n) is 2.15. The summed E-state index contributed by atoms with van der Waals surface area (Å²) in [6, 6.07) is 7.02. The molecule has 2 nitrogen and oxygen atoms in total. The summed E-state index contributed by atoms with van der Waals surface area (Å²) in [5.74, 6) is 0.773. The second kappa shape index (κ2) is 13.0. The van der Waals surface area contributed by atoms with Crippen LogP contribution in [0.5, 0.6) is 5.75 Å². The maximum absolute atomic E-state index is 12.0. The Labute approximate surface area is 114 Å². The van der Waals surface area contributed by atoms with Crippen molar-refractivity contribution in [1.82, 2.24) is 0 Å². The van der Waals surface area contributed by atoms with Gasteiger partial charge in [0.05, 0.1) is 0 Å². The Balaban J connectivity index is 0. The maximum Gasteiger partial charge on any atom is 0.387 e. The van der Waals surface area contributed by atoms with Gasteiger partial charge in [0.25, 0.3) is 0 Å². The molecule has 1 aromatic carbocycles. The molecule has 0 bridgehead atoms. The molecule has 0 aromatic heterocycles. The highest BCUT2D eigenvalue weighted by Gasteiger charge is 2.27. The lowest BCUT2D eigenvalue weighted by Crippen LogP contribution is -2.03. The first kappa shape index (κ1) is 19.9. The van der Waals surface area contributed by atoms with Crippen LogP contribution in [0.3, 0.4) is 0 Å². The van der Waals surface area contributed by atoms with Crippen molar-refractivity contribution < 1.29 is 18.3 Å². The Kier molecular flexibility index (Phi) is 13.6. The third kappa shape index (κ3) is 8.30. The molecule has 19 heavy (non-hydrogen) atoms. The first-order chi connectivity index (χ1) is 9.27. The van der Waals surface area contributed by atoms with Gasteiger partial charge in [-0.15, -0.1) is 0 Å². The first-order valence-corrected chi connectivity index (χ1v) is 6.60. The van der Waals surface area contributed by atoms with E-state index in [4.69, 9.17) is 4.79 Å². The molecule has 4 heteroatoms. The van der Waals surface area contributed by atoms with E-state index >= 15 is 0 Å². The average molecular weight is 274 g/mol. The highest BCUT2D eigenvalue weighted by Crippen LogP contribution is 2.44. The highest BCUT2D eigenvalue weighted by molar-refractivity contribution is 5.38. The molecular formula is C15H24F2O2. The van der Waals surface area contributed by atoms with E-state index in [0.29, 0.717) is 11.7 Å². The van der Waals surface area contributed by atoms with Gasteiger partial charge in [0.2, 0.25) is 0 Å². The topological polar surface area (TPSA) is 26.3 Å². The summed E-state index contributed by atoms with van der Waals surface area (Å²) in [4.78, 5) is 8.00. The van der Waals surface area contributed by atoms with Crippen molar-refractivity contribution in [3.63, 3.8) is 0 Å². The number of hydrogen-bond donors (Lipinski definition) is 0. The number of rotatable bonds is 3. The zero-order chi connectivity index (χ0) is 15.3. The minimum absolute atomic E-state index is 0.333. The van der Waals surface area contributed by atoms with Gasteiger partial charge in [-0.2, -0.15) is 8.78 Å². The average Bonchev–Trinajstić information content (AvgIpc) is 3.30. The molecule has 0 heterocycles. The standard InChI is InChI=1S/C10H10F2O.2C2H6.CH2O/c11-10(12)13-9-4-2-1-3-8(9)7-5-6-7;3*1-2/h1-4,7,10H,5-6H2;2*1-2H3;1H2. The molecule has 0 saturated heterocycles. The molecule has 1 aliphatic rings. The van der Waals surface area contributed by atoms with Gasteiger partial charge in [0.15, 0.2) is 0 Å². The third-order valence-corrected chi connectivity index (χ3v) is 2.15. The summed E-state index contributed by atoms with van der Waals surface area (Å²) < 4.78 is 28.3. The quantitative estimate of drug-likeness (QED) is 0.772. The molecule has 0 atom stereocenters. The van der Waals surface area contributed by atoms with Gasteiger partial charge in [0, 0.05) is 0 Å². The Morgan fingerprint density at radius 2 is 1.58 bits per heavy atom. The van der Waals surface area contributed by atoms with Crippen LogP contribution in [-0.2, 0) is 4.79 Å². The number of halogens is 2. The van der Waals surface area contributed by atoms with Crippen LogP contribution in [0.15, 0.2) is 24.3 Å². The minimum atomic E-state index is -2.72. The number of carbonyl (C=O) groups excluding carboxylic acids is 1. The molecule has 1 fully saturated rings. The molecule has 0 spiro atoms. The molecule has 0 N–H and O–H groups in total. The summed E-state index contributed by atoms with van der Waals surface area (Å²) in [6.07, 6.45) is 2.17. The largest absolute Gasteiger partial charge is 0.435 e. The fourth-order valence-electron chi connectivity index (χ4n) is 1.42. The molecular weight excluding hydrogens is 250 g/mol. The number of benzene rings is 1. The summed E-state index contributed by atoms with van der Waals surface area (Å²) in [5.41, 5.74) is 0.919. The lowest BCUT2D eigenvalue weighted by molar-refractivity contribution is -0.0980. The predicted molar refractivity (Wildman–Crippen MR) is 74.9 cm³/mol. The van der Waals surface area contributed by atoms with Crippen molar-refractivity contribution in [2.75, 3.05) is 0 Å². The van der Waals surface area contributed by atoms with E-state index in [1.807, 2.05) is 46.6 Å².